The quantitative estimate of drug-likeness (QED) is 0.779. The van der Waals surface area contributed by atoms with E-state index in [0.29, 0.717) is 18.5 Å². The summed E-state index contributed by atoms with van der Waals surface area (Å²) in [5.74, 6) is 1.48. The summed E-state index contributed by atoms with van der Waals surface area (Å²) in [6.07, 6.45) is 2.97. The summed E-state index contributed by atoms with van der Waals surface area (Å²) in [5.41, 5.74) is 3.30. The summed E-state index contributed by atoms with van der Waals surface area (Å²) in [7, 11) is 0. The van der Waals surface area contributed by atoms with Gasteiger partial charge in [0.15, 0.2) is 5.82 Å². The molecule has 6 nitrogen and oxygen atoms in total. The van der Waals surface area contributed by atoms with Gasteiger partial charge in [-0.3, -0.25) is 0 Å². The molecule has 0 saturated heterocycles. The Morgan fingerprint density at radius 1 is 1.39 bits per heavy atom. The van der Waals surface area contributed by atoms with Gasteiger partial charge in [0.25, 0.3) is 0 Å². The lowest BCUT2D eigenvalue weighted by Crippen LogP contribution is -2.06. The third kappa shape index (κ3) is 2.72. The van der Waals surface area contributed by atoms with Gasteiger partial charge < -0.3 is 5.32 Å². The average molecular weight is 326 g/mol. The molecule has 0 radical (unpaired) electrons. The third-order valence-corrected chi connectivity index (χ3v) is 5.07. The number of nitrogens with zero attached hydrogens (tertiary/aromatic N) is 5. The summed E-state index contributed by atoms with van der Waals surface area (Å²) >= 11 is 1.65. The van der Waals surface area contributed by atoms with E-state index >= 15 is 0 Å². The molecule has 1 saturated carbocycles. The fourth-order valence-corrected chi connectivity index (χ4v) is 3.39. The maximum atomic E-state index is 4.33. The Kier molecular flexibility index (Phi) is 3.57. The summed E-state index contributed by atoms with van der Waals surface area (Å²) < 4.78 is 1.97. The molecule has 1 aromatic carbocycles. The van der Waals surface area contributed by atoms with Gasteiger partial charge in [-0.05, 0) is 41.3 Å². The number of para-hydroxylation sites is 1. The van der Waals surface area contributed by atoms with Gasteiger partial charge in [0.05, 0.1) is 12.6 Å². The van der Waals surface area contributed by atoms with Crippen molar-refractivity contribution in [2.75, 3.05) is 5.32 Å². The number of thiazole rings is 1. The van der Waals surface area contributed by atoms with Crippen LogP contribution in [-0.4, -0.2) is 25.2 Å². The standard InChI is InChI=1S/C16H18N6S/c1-10-4-3-5-12(15(10)18-9-14-17-6-7-23-14)16-19-20-21-22(16)13-8-11(13)2/h3-7,11,13,18H,8-9H2,1-2H3/t11-,13-/m1/s1. The summed E-state index contributed by atoms with van der Waals surface area (Å²) in [4.78, 5) is 4.33. The van der Waals surface area contributed by atoms with E-state index in [0.717, 1.165) is 28.5 Å². The summed E-state index contributed by atoms with van der Waals surface area (Å²) in [6, 6.07) is 6.65. The number of nitrogens with one attached hydrogen (secondary N) is 1. The highest BCUT2D eigenvalue weighted by Crippen LogP contribution is 2.44. The van der Waals surface area contributed by atoms with E-state index in [-0.39, 0.29) is 0 Å². The number of hydrogen-bond donors (Lipinski definition) is 1. The van der Waals surface area contributed by atoms with Crippen molar-refractivity contribution in [3.8, 4) is 11.4 Å². The van der Waals surface area contributed by atoms with Gasteiger partial charge in [-0.2, -0.15) is 0 Å². The van der Waals surface area contributed by atoms with E-state index in [4.69, 9.17) is 0 Å². The van der Waals surface area contributed by atoms with E-state index < -0.39 is 0 Å². The Bertz CT molecular complexity index is 810. The van der Waals surface area contributed by atoms with Crippen molar-refractivity contribution in [1.82, 2.24) is 25.2 Å². The minimum Gasteiger partial charge on any atom is -0.378 e. The first-order valence-corrected chi connectivity index (χ1v) is 8.62. The van der Waals surface area contributed by atoms with Gasteiger partial charge in [0.1, 0.15) is 5.01 Å². The van der Waals surface area contributed by atoms with Crippen LogP contribution in [0.4, 0.5) is 5.69 Å². The summed E-state index contributed by atoms with van der Waals surface area (Å²) in [6.45, 7) is 5.03. The van der Waals surface area contributed by atoms with E-state index in [2.05, 4.69) is 57.9 Å². The van der Waals surface area contributed by atoms with Crippen LogP contribution >= 0.6 is 11.3 Å². The van der Waals surface area contributed by atoms with Gasteiger partial charge in [-0.1, -0.05) is 19.1 Å². The topological polar surface area (TPSA) is 68.5 Å². The number of hydrogen-bond acceptors (Lipinski definition) is 6. The minimum absolute atomic E-state index is 0.423. The first-order chi connectivity index (χ1) is 11.2. The van der Waals surface area contributed by atoms with Crippen molar-refractivity contribution in [3.63, 3.8) is 0 Å². The highest BCUT2D eigenvalue weighted by atomic mass is 32.1. The monoisotopic (exact) mass is 326 g/mol. The molecule has 1 aliphatic carbocycles. The lowest BCUT2D eigenvalue weighted by molar-refractivity contribution is 0.584. The lowest BCUT2D eigenvalue weighted by atomic mass is 10.1. The molecule has 2 heterocycles. The molecule has 2 atom stereocenters. The van der Waals surface area contributed by atoms with Crippen molar-refractivity contribution in [2.24, 2.45) is 5.92 Å². The zero-order valence-electron chi connectivity index (χ0n) is 13.1. The van der Waals surface area contributed by atoms with Crippen LogP contribution in [0.3, 0.4) is 0 Å². The number of rotatable bonds is 5. The second-order valence-corrected chi connectivity index (χ2v) is 6.98. The molecule has 0 aliphatic heterocycles. The Labute approximate surface area is 138 Å². The number of benzene rings is 1. The molecule has 7 heteroatoms. The van der Waals surface area contributed by atoms with Crippen LogP contribution in [0, 0.1) is 12.8 Å². The first-order valence-electron chi connectivity index (χ1n) is 7.74. The number of aryl methyl sites for hydroxylation is 1. The summed E-state index contributed by atoms with van der Waals surface area (Å²) in [5, 5.41) is 18.9. The van der Waals surface area contributed by atoms with Crippen molar-refractivity contribution >= 4 is 17.0 Å². The Morgan fingerprint density at radius 3 is 3.00 bits per heavy atom. The highest BCUT2D eigenvalue weighted by Gasteiger charge is 2.37. The highest BCUT2D eigenvalue weighted by molar-refractivity contribution is 7.09. The predicted molar refractivity (Wildman–Crippen MR) is 90.2 cm³/mol. The second-order valence-electron chi connectivity index (χ2n) is 6.00. The van der Waals surface area contributed by atoms with Crippen molar-refractivity contribution in [2.45, 2.75) is 32.9 Å². The fourth-order valence-electron chi connectivity index (χ4n) is 2.83. The lowest BCUT2D eigenvalue weighted by Gasteiger charge is -2.14. The van der Waals surface area contributed by atoms with Crippen molar-refractivity contribution < 1.29 is 0 Å². The number of tetrazole rings is 1. The molecule has 0 amide bonds. The molecule has 1 N–H and O–H groups in total. The molecule has 3 aromatic rings. The molecule has 1 fully saturated rings. The second kappa shape index (κ2) is 5.73. The number of aromatic nitrogens is 5. The van der Waals surface area contributed by atoms with Crippen LogP contribution in [0.2, 0.25) is 0 Å². The third-order valence-electron chi connectivity index (χ3n) is 4.29. The maximum Gasteiger partial charge on any atom is 0.184 e. The molecule has 23 heavy (non-hydrogen) atoms. The van der Waals surface area contributed by atoms with Crippen LogP contribution < -0.4 is 5.32 Å². The van der Waals surface area contributed by atoms with Gasteiger partial charge in [0.2, 0.25) is 0 Å². The minimum atomic E-state index is 0.423. The predicted octanol–water partition coefficient (Wildman–Crippen LogP) is 3.30. The number of anilines is 1. The van der Waals surface area contributed by atoms with Crippen LogP contribution in [0.5, 0.6) is 0 Å². The zero-order chi connectivity index (χ0) is 15.8. The average Bonchev–Trinajstić information content (AvgIpc) is 3.00. The molecular formula is C16H18N6S. The Hall–Kier alpha value is -2.28. The van der Waals surface area contributed by atoms with Gasteiger partial charge in [-0.25, -0.2) is 9.67 Å². The Balaban J connectivity index is 1.68. The van der Waals surface area contributed by atoms with Crippen molar-refractivity contribution in [3.05, 3.63) is 40.3 Å². The fraction of sp³-hybridized carbons (Fsp3) is 0.375. The van der Waals surface area contributed by atoms with Gasteiger partial charge in [0, 0.05) is 22.8 Å². The SMILES string of the molecule is Cc1cccc(-c2nnnn2[C@@H]2C[C@H]2C)c1NCc1nccs1. The Morgan fingerprint density at radius 2 is 2.26 bits per heavy atom. The molecule has 0 bridgehead atoms. The molecule has 4 rings (SSSR count). The van der Waals surface area contributed by atoms with E-state index in [9.17, 15) is 0 Å². The van der Waals surface area contributed by atoms with Crippen molar-refractivity contribution in [1.29, 1.82) is 0 Å². The van der Waals surface area contributed by atoms with Gasteiger partial charge >= 0.3 is 0 Å². The molecular weight excluding hydrogens is 308 g/mol. The van der Waals surface area contributed by atoms with E-state index in [1.165, 1.54) is 5.56 Å². The molecule has 2 aromatic heterocycles. The molecule has 0 unspecified atom stereocenters. The van der Waals surface area contributed by atoms with Crippen LogP contribution in [-0.2, 0) is 6.54 Å². The molecule has 118 valence electrons. The van der Waals surface area contributed by atoms with Crippen LogP contribution in [0.1, 0.15) is 30.0 Å². The largest absolute Gasteiger partial charge is 0.378 e. The normalized spacial score (nSPS) is 19.7. The van der Waals surface area contributed by atoms with E-state index in [1.54, 1.807) is 11.3 Å². The van der Waals surface area contributed by atoms with Gasteiger partial charge in [-0.15, -0.1) is 16.4 Å². The maximum absolute atomic E-state index is 4.33. The van der Waals surface area contributed by atoms with Crippen LogP contribution in [0.25, 0.3) is 11.4 Å². The first kappa shape index (κ1) is 14.3. The van der Waals surface area contributed by atoms with E-state index in [1.807, 2.05) is 16.3 Å². The molecule has 0 spiro atoms. The smallest absolute Gasteiger partial charge is 0.184 e. The van der Waals surface area contributed by atoms with Crippen LogP contribution in [0.15, 0.2) is 29.8 Å². The molecule has 1 aliphatic rings. The zero-order valence-corrected chi connectivity index (χ0v) is 13.9.